The molecule has 0 unspecified atom stereocenters. The van der Waals surface area contributed by atoms with E-state index in [0.29, 0.717) is 0 Å². The Hall–Kier alpha value is -1.94. The van der Waals surface area contributed by atoms with Crippen LogP contribution in [0.15, 0.2) is 52.5 Å². The van der Waals surface area contributed by atoms with Gasteiger partial charge in [0.2, 0.25) is 0 Å². The van der Waals surface area contributed by atoms with Crippen molar-refractivity contribution in [2.75, 3.05) is 0 Å². The zero-order valence-electron chi connectivity index (χ0n) is 11.6. The van der Waals surface area contributed by atoms with Gasteiger partial charge in [0.15, 0.2) is 5.84 Å². The SMILES string of the molecule is Cc1cc(C)cc(CSc2ccccc2/C(N)=N/O)c1. The van der Waals surface area contributed by atoms with Gasteiger partial charge in [-0.05, 0) is 25.5 Å². The minimum absolute atomic E-state index is 0.147. The molecule has 0 heterocycles. The summed E-state index contributed by atoms with van der Waals surface area (Å²) in [6.07, 6.45) is 0. The molecule has 0 bridgehead atoms. The molecule has 0 amide bonds. The predicted molar refractivity (Wildman–Crippen MR) is 84.4 cm³/mol. The summed E-state index contributed by atoms with van der Waals surface area (Å²) in [7, 11) is 0. The standard InChI is InChI=1S/C16H18N2OS/c1-11-7-12(2)9-13(8-11)10-20-15-6-4-3-5-14(15)16(17)18-19/h3-9,19H,10H2,1-2H3,(H2,17,18). The van der Waals surface area contributed by atoms with E-state index in [1.807, 2.05) is 24.3 Å². The van der Waals surface area contributed by atoms with Crippen molar-refractivity contribution < 1.29 is 5.21 Å². The molecular formula is C16H18N2OS. The molecule has 2 aromatic rings. The van der Waals surface area contributed by atoms with Gasteiger partial charge >= 0.3 is 0 Å². The van der Waals surface area contributed by atoms with Crippen LogP contribution in [0.4, 0.5) is 0 Å². The zero-order valence-corrected chi connectivity index (χ0v) is 12.4. The van der Waals surface area contributed by atoms with Crippen molar-refractivity contribution in [1.82, 2.24) is 0 Å². The number of rotatable bonds is 4. The number of aryl methyl sites for hydroxylation is 2. The van der Waals surface area contributed by atoms with Crippen LogP contribution in [0.5, 0.6) is 0 Å². The summed E-state index contributed by atoms with van der Waals surface area (Å²) in [5.41, 5.74) is 10.3. The van der Waals surface area contributed by atoms with E-state index in [1.54, 1.807) is 11.8 Å². The Morgan fingerprint density at radius 2 is 1.80 bits per heavy atom. The number of nitrogens with zero attached hydrogens (tertiary/aromatic N) is 1. The maximum Gasteiger partial charge on any atom is 0.171 e. The molecule has 4 heteroatoms. The molecule has 2 aromatic carbocycles. The third kappa shape index (κ3) is 3.54. The van der Waals surface area contributed by atoms with Crippen LogP contribution in [0.25, 0.3) is 0 Å². The van der Waals surface area contributed by atoms with Crippen LogP contribution in [0.1, 0.15) is 22.3 Å². The van der Waals surface area contributed by atoms with Crippen molar-refractivity contribution in [2.45, 2.75) is 24.5 Å². The first-order valence-electron chi connectivity index (χ1n) is 6.37. The van der Waals surface area contributed by atoms with Gasteiger partial charge in [-0.1, -0.05) is 52.7 Å². The topological polar surface area (TPSA) is 58.6 Å². The lowest BCUT2D eigenvalue weighted by atomic mass is 10.1. The number of amidine groups is 1. The summed E-state index contributed by atoms with van der Waals surface area (Å²) in [4.78, 5) is 1.02. The van der Waals surface area contributed by atoms with Crippen molar-refractivity contribution in [2.24, 2.45) is 10.9 Å². The molecule has 0 aliphatic rings. The quantitative estimate of drug-likeness (QED) is 0.296. The first-order chi connectivity index (χ1) is 9.60. The molecule has 20 heavy (non-hydrogen) atoms. The number of benzene rings is 2. The number of hydrogen-bond acceptors (Lipinski definition) is 3. The molecule has 0 saturated heterocycles. The Morgan fingerprint density at radius 3 is 2.45 bits per heavy atom. The molecule has 3 nitrogen and oxygen atoms in total. The maximum atomic E-state index is 8.82. The molecule has 0 aromatic heterocycles. The minimum Gasteiger partial charge on any atom is -0.409 e. The summed E-state index contributed by atoms with van der Waals surface area (Å²) in [5, 5.41) is 11.9. The van der Waals surface area contributed by atoms with Gasteiger partial charge in [0, 0.05) is 16.2 Å². The molecule has 0 saturated carbocycles. The van der Waals surface area contributed by atoms with E-state index < -0.39 is 0 Å². The fourth-order valence-corrected chi connectivity index (χ4v) is 3.16. The molecule has 0 radical (unpaired) electrons. The van der Waals surface area contributed by atoms with Crippen LogP contribution in [-0.2, 0) is 5.75 Å². The molecule has 0 fully saturated rings. The largest absolute Gasteiger partial charge is 0.409 e. The average molecular weight is 286 g/mol. The third-order valence-corrected chi connectivity index (χ3v) is 4.09. The Balaban J connectivity index is 2.19. The van der Waals surface area contributed by atoms with E-state index in [-0.39, 0.29) is 5.84 Å². The number of hydrogen-bond donors (Lipinski definition) is 2. The highest BCUT2D eigenvalue weighted by molar-refractivity contribution is 7.98. The highest BCUT2D eigenvalue weighted by atomic mass is 32.2. The highest BCUT2D eigenvalue weighted by Gasteiger charge is 2.07. The number of nitrogens with two attached hydrogens (primary N) is 1. The molecule has 104 valence electrons. The monoisotopic (exact) mass is 286 g/mol. The van der Waals surface area contributed by atoms with Crippen molar-refractivity contribution in [1.29, 1.82) is 0 Å². The molecular weight excluding hydrogens is 268 g/mol. The lowest BCUT2D eigenvalue weighted by molar-refractivity contribution is 0.318. The fourth-order valence-electron chi connectivity index (χ4n) is 2.17. The van der Waals surface area contributed by atoms with Gasteiger partial charge in [0.1, 0.15) is 0 Å². The Bertz CT molecular complexity index is 618. The van der Waals surface area contributed by atoms with Gasteiger partial charge in [-0.3, -0.25) is 0 Å². The second kappa shape index (κ2) is 6.48. The van der Waals surface area contributed by atoms with Gasteiger partial charge in [0.25, 0.3) is 0 Å². The Morgan fingerprint density at radius 1 is 1.15 bits per heavy atom. The lowest BCUT2D eigenvalue weighted by Gasteiger charge is -2.09. The van der Waals surface area contributed by atoms with Crippen LogP contribution >= 0.6 is 11.8 Å². The molecule has 3 N–H and O–H groups in total. The Labute approximate surface area is 123 Å². The normalized spacial score (nSPS) is 11.6. The molecule has 0 atom stereocenters. The van der Waals surface area contributed by atoms with Crippen LogP contribution in [0.3, 0.4) is 0 Å². The van der Waals surface area contributed by atoms with E-state index in [4.69, 9.17) is 10.9 Å². The summed E-state index contributed by atoms with van der Waals surface area (Å²) >= 11 is 1.69. The van der Waals surface area contributed by atoms with Gasteiger partial charge in [-0.15, -0.1) is 11.8 Å². The van der Waals surface area contributed by atoms with Crippen LogP contribution < -0.4 is 5.73 Å². The van der Waals surface area contributed by atoms with Crippen molar-refractivity contribution >= 4 is 17.6 Å². The van der Waals surface area contributed by atoms with Crippen LogP contribution in [-0.4, -0.2) is 11.0 Å². The number of thioether (sulfide) groups is 1. The predicted octanol–water partition coefficient (Wildman–Crippen LogP) is 3.69. The van der Waals surface area contributed by atoms with E-state index in [2.05, 4.69) is 37.2 Å². The van der Waals surface area contributed by atoms with E-state index >= 15 is 0 Å². The third-order valence-electron chi connectivity index (χ3n) is 2.95. The molecule has 0 spiro atoms. The van der Waals surface area contributed by atoms with E-state index in [1.165, 1.54) is 16.7 Å². The van der Waals surface area contributed by atoms with Crippen molar-refractivity contribution in [3.8, 4) is 0 Å². The smallest absolute Gasteiger partial charge is 0.171 e. The fraction of sp³-hybridized carbons (Fsp3) is 0.188. The second-order valence-electron chi connectivity index (χ2n) is 4.77. The summed E-state index contributed by atoms with van der Waals surface area (Å²) < 4.78 is 0. The summed E-state index contributed by atoms with van der Waals surface area (Å²) in [6, 6.07) is 14.2. The van der Waals surface area contributed by atoms with Crippen molar-refractivity contribution in [3.63, 3.8) is 0 Å². The number of oxime groups is 1. The minimum atomic E-state index is 0.147. The van der Waals surface area contributed by atoms with E-state index in [0.717, 1.165) is 16.2 Å². The zero-order chi connectivity index (χ0) is 14.5. The molecule has 2 rings (SSSR count). The summed E-state index contributed by atoms with van der Waals surface area (Å²) in [5.74, 6) is 1.01. The van der Waals surface area contributed by atoms with Gasteiger partial charge < -0.3 is 10.9 Å². The maximum absolute atomic E-state index is 8.82. The average Bonchev–Trinajstić information content (AvgIpc) is 2.43. The lowest BCUT2D eigenvalue weighted by Crippen LogP contribution is -2.14. The first-order valence-corrected chi connectivity index (χ1v) is 7.35. The van der Waals surface area contributed by atoms with Gasteiger partial charge in [-0.2, -0.15) is 0 Å². The molecule has 0 aliphatic carbocycles. The second-order valence-corrected chi connectivity index (χ2v) is 5.78. The van der Waals surface area contributed by atoms with Gasteiger partial charge in [0.05, 0.1) is 0 Å². The van der Waals surface area contributed by atoms with Crippen LogP contribution in [0, 0.1) is 13.8 Å². The van der Waals surface area contributed by atoms with E-state index in [9.17, 15) is 0 Å². The molecule has 0 aliphatic heterocycles. The van der Waals surface area contributed by atoms with Crippen molar-refractivity contribution in [3.05, 3.63) is 64.7 Å². The van der Waals surface area contributed by atoms with Gasteiger partial charge in [-0.25, -0.2) is 0 Å². The first kappa shape index (κ1) is 14.5. The van der Waals surface area contributed by atoms with Crippen LogP contribution in [0.2, 0.25) is 0 Å². The summed E-state index contributed by atoms with van der Waals surface area (Å²) in [6.45, 7) is 4.21. The Kier molecular flexibility index (Phi) is 4.69. The highest BCUT2D eigenvalue weighted by Crippen LogP contribution is 2.27.